The highest BCUT2D eigenvalue weighted by atomic mass is 35.5. The molecule has 1 fully saturated rings. The van der Waals surface area contributed by atoms with Crippen molar-refractivity contribution in [3.63, 3.8) is 0 Å². The van der Waals surface area contributed by atoms with E-state index in [0.29, 0.717) is 22.3 Å². The van der Waals surface area contributed by atoms with Crippen LogP contribution in [0.25, 0.3) is 22.3 Å². The molecule has 6 N–H and O–H groups in total. The van der Waals surface area contributed by atoms with Crippen molar-refractivity contribution in [2.75, 3.05) is 18.9 Å². The molecule has 2 aromatic carbocycles. The minimum atomic E-state index is -2.63. The number of aliphatic hydroxyl groups is 3. The zero-order chi connectivity index (χ0) is 32.5. The van der Waals surface area contributed by atoms with Gasteiger partial charge in [-0.25, -0.2) is 19.0 Å². The molecule has 0 aliphatic carbocycles. The zero-order valence-electron chi connectivity index (χ0n) is 23.7. The second-order valence-corrected chi connectivity index (χ2v) is 10.6. The van der Waals surface area contributed by atoms with Gasteiger partial charge in [0.05, 0.1) is 25.1 Å². The number of anilines is 1. The lowest BCUT2D eigenvalue weighted by Crippen LogP contribution is -2.55. The molecule has 3 heterocycles. The summed E-state index contributed by atoms with van der Waals surface area (Å²) in [4.78, 5) is 36.7. The molecule has 0 bridgehead atoms. The molecular formula is C29H29ClFN5O9. The Morgan fingerprint density at radius 2 is 1.89 bits per heavy atom. The fraction of sp³-hybridized carbons (Fsp3) is 0.345. The van der Waals surface area contributed by atoms with Gasteiger partial charge >= 0.3 is 11.9 Å². The minimum absolute atomic E-state index is 0.0351. The summed E-state index contributed by atoms with van der Waals surface area (Å²) in [6.07, 6.45) is -8.66. The van der Waals surface area contributed by atoms with Gasteiger partial charge < -0.3 is 40.4 Å². The summed E-state index contributed by atoms with van der Waals surface area (Å²) < 4.78 is 32.8. The topological polar surface area (TPSA) is 212 Å². The average Bonchev–Trinajstić information content (AvgIpc) is 3.55. The molecular weight excluding hydrogens is 617 g/mol. The lowest BCUT2D eigenvalue weighted by Gasteiger charge is -2.32. The monoisotopic (exact) mass is 645 g/mol. The lowest BCUT2D eigenvalue weighted by atomic mass is 9.91. The number of alkyl halides is 1. The van der Waals surface area contributed by atoms with Gasteiger partial charge in [0, 0.05) is 6.42 Å². The van der Waals surface area contributed by atoms with Gasteiger partial charge in [-0.05, 0) is 41.3 Å². The van der Waals surface area contributed by atoms with Crippen molar-refractivity contribution in [2.24, 2.45) is 0 Å². The number of hydrogen-bond donors (Lipinski definition) is 5. The van der Waals surface area contributed by atoms with E-state index >= 15 is 4.39 Å². The van der Waals surface area contributed by atoms with Crippen molar-refractivity contribution in [2.45, 2.75) is 49.8 Å². The molecule has 16 heteroatoms. The number of nitrogens with two attached hydrogens (primary N) is 1. The molecule has 4 aromatic rings. The van der Waals surface area contributed by atoms with Crippen LogP contribution in [-0.2, 0) is 25.4 Å². The van der Waals surface area contributed by atoms with Crippen molar-refractivity contribution in [1.29, 1.82) is 0 Å². The third-order valence-electron chi connectivity index (χ3n) is 7.43. The van der Waals surface area contributed by atoms with Crippen LogP contribution in [0.2, 0.25) is 5.28 Å². The van der Waals surface area contributed by atoms with Crippen LogP contribution >= 0.6 is 11.6 Å². The Labute approximate surface area is 259 Å². The van der Waals surface area contributed by atoms with Crippen LogP contribution in [0.1, 0.15) is 29.1 Å². The number of rotatable bonds is 11. The number of benzene rings is 2. The normalized spacial score (nSPS) is 21.2. The Kier molecular flexibility index (Phi) is 9.29. The molecule has 1 aliphatic rings. The first-order valence-electron chi connectivity index (χ1n) is 13.7. The number of carbonyl (C=O) groups excluding carboxylic acids is 1. The van der Waals surface area contributed by atoms with Crippen LogP contribution in [0, 0.1) is 0 Å². The number of aromatic nitrogens is 4. The van der Waals surface area contributed by atoms with E-state index in [1.54, 1.807) is 43.3 Å². The number of halogens is 2. The summed E-state index contributed by atoms with van der Waals surface area (Å²) in [7, 11) is 0. The van der Waals surface area contributed by atoms with E-state index in [4.69, 9.17) is 31.5 Å². The maximum absolute atomic E-state index is 15.3. The molecule has 0 saturated carbocycles. The summed E-state index contributed by atoms with van der Waals surface area (Å²) in [5.74, 6) is -2.29. The van der Waals surface area contributed by atoms with Crippen LogP contribution in [0.15, 0.2) is 54.9 Å². The number of hydrogen-bond acceptors (Lipinski definition) is 12. The number of carboxylic acids is 1. The van der Waals surface area contributed by atoms with Gasteiger partial charge in [0.1, 0.15) is 17.7 Å². The summed E-state index contributed by atoms with van der Waals surface area (Å²) in [5.41, 5.74) is 5.19. The maximum Gasteiger partial charge on any atom is 0.341 e. The number of esters is 1. The van der Waals surface area contributed by atoms with Crippen LogP contribution in [-0.4, -0.2) is 95.4 Å². The highest BCUT2D eigenvalue weighted by molar-refractivity contribution is 6.28. The lowest BCUT2D eigenvalue weighted by molar-refractivity contribution is -0.231. The third-order valence-corrected chi connectivity index (χ3v) is 7.60. The predicted molar refractivity (Wildman–Crippen MR) is 156 cm³/mol. The molecule has 45 heavy (non-hydrogen) atoms. The quantitative estimate of drug-likeness (QED) is 0.0897. The number of imidazole rings is 1. The van der Waals surface area contributed by atoms with Gasteiger partial charge in [-0.1, -0.05) is 42.5 Å². The Hall–Kier alpha value is -4.25. The van der Waals surface area contributed by atoms with E-state index in [2.05, 4.69) is 15.0 Å². The van der Waals surface area contributed by atoms with Crippen molar-refractivity contribution < 1.29 is 48.6 Å². The highest BCUT2D eigenvalue weighted by Crippen LogP contribution is 2.36. The highest BCUT2D eigenvalue weighted by Gasteiger charge is 2.51. The smallest absolute Gasteiger partial charge is 0.341 e. The van der Waals surface area contributed by atoms with Crippen LogP contribution in [0.3, 0.4) is 0 Å². The zero-order valence-corrected chi connectivity index (χ0v) is 24.4. The molecule has 0 radical (unpaired) electrons. The molecule has 238 valence electrons. The summed E-state index contributed by atoms with van der Waals surface area (Å²) in [6, 6.07) is 13.1. The van der Waals surface area contributed by atoms with E-state index in [1.165, 1.54) is 18.5 Å². The van der Waals surface area contributed by atoms with Gasteiger partial charge in [-0.3, -0.25) is 4.57 Å². The number of carboxylic acid groups (broad SMARTS) is 1. The first kappa shape index (κ1) is 32.2. The molecule has 0 amide bonds. The molecule has 1 unspecified atom stereocenters. The number of fused-ring (bicyclic) bond motifs is 1. The Morgan fingerprint density at radius 1 is 1.18 bits per heavy atom. The van der Waals surface area contributed by atoms with E-state index in [-0.39, 0.29) is 28.9 Å². The van der Waals surface area contributed by atoms with E-state index in [0.717, 1.165) is 4.57 Å². The van der Waals surface area contributed by atoms with Gasteiger partial charge in [0.2, 0.25) is 10.9 Å². The average molecular weight is 646 g/mol. The number of aliphatic carboxylic acids is 1. The predicted octanol–water partition coefficient (Wildman–Crippen LogP) is 1.90. The summed E-state index contributed by atoms with van der Waals surface area (Å²) in [6.45, 7) is 1.15. The third kappa shape index (κ3) is 6.18. The van der Waals surface area contributed by atoms with Crippen LogP contribution in [0.5, 0.6) is 0 Å². The molecule has 0 spiro atoms. The first-order chi connectivity index (χ1) is 21.5. The van der Waals surface area contributed by atoms with E-state index in [9.17, 15) is 30.0 Å². The van der Waals surface area contributed by atoms with Crippen molar-refractivity contribution >= 4 is 40.5 Å². The standard InChI is InChI=1S/C29H29ClFN5O9/c1-2-43-25(38)17-6-4-3-5-16(17)15-9-7-14(8-10-15)11-29(26(39)40,27(41)42)44-12-18-21(37)19(31)24(45-18)36-13-33-20-22(32)34-28(30)35-23(20)36/h3-10,13,18-19,21,24,26,37,39-40H,2,11-12H2,1H3,(H,41,42)(H2,32,34,35)/t18-,19+,21-,24-,29?/m1/s1. The number of ether oxygens (including phenoxy) is 3. The van der Waals surface area contributed by atoms with Crippen molar-refractivity contribution in [3.05, 3.63) is 71.3 Å². The maximum atomic E-state index is 15.3. The van der Waals surface area contributed by atoms with Crippen LogP contribution < -0.4 is 5.73 Å². The van der Waals surface area contributed by atoms with Gasteiger partial charge in [-0.15, -0.1) is 0 Å². The first-order valence-corrected chi connectivity index (χ1v) is 14.1. The SMILES string of the molecule is CCOC(=O)c1ccccc1-c1ccc(CC(OC[C@H]2O[C@@H](n3cnc4c(N)nc(Cl)nc43)[C@@H](F)[C@@H]2O)(C(=O)O)C(O)O)cc1. The number of nitrogen functional groups attached to an aromatic ring is 1. The molecule has 14 nitrogen and oxygen atoms in total. The minimum Gasteiger partial charge on any atom is -0.479 e. The summed E-state index contributed by atoms with van der Waals surface area (Å²) in [5, 5.41) is 40.9. The Bertz CT molecular complexity index is 1710. The number of carbonyl (C=O) groups is 2. The fourth-order valence-electron chi connectivity index (χ4n) is 5.08. The van der Waals surface area contributed by atoms with Gasteiger partial charge in [0.25, 0.3) is 0 Å². The van der Waals surface area contributed by atoms with Crippen molar-refractivity contribution in [1.82, 2.24) is 19.5 Å². The number of nitrogens with zero attached hydrogens (tertiary/aromatic N) is 4. The Balaban J connectivity index is 1.35. The Morgan fingerprint density at radius 3 is 2.56 bits per heavy atom. The van der Waals surface area contributed by atoms with E-state index in [1.807, 2.05) is 0 Å². The molecule has 2 aromatic heterocycles. The molecule has 5 rings (SSSR count). The van der Waals surface area contributed by atoms with Gasteiger partial charge in [-0.2, -0.15) is 9.97 Å². The van der Waals surface area contributed by atoms with Gasteiger partial charge in [0.15, 0.2) is 30.2 Å². The van der Waals surface area contributed by atoms with Crippen molar-refractivity contribution in [3.8, 4) is 11.1 Å². The molecule has 5 atom stereocenters. The second kappa shape index (κ2) is 13.0. The largest absolute Gasteiger partial charge is 0.479 e. The van der Waals surface area contributed by atoms with Crippen LogP contribution in [0.4, 0.5) is 10.2 Å². The fourth-order valence-corrected chi connectivity index (χ4v) is 5.26. The van der Waals surface area contributed by atoms with E-state index < -0.39 is 61.5 Å². The summed E-state index contributed by atoms with van der Waals surface area (Å²) >= 11 is 5.88. The second-order valence-electron chi connectivity index (χ2n) is 10.2. The number of aliphatic hydroxyl groups excluding tert-OH is 2. The molecule has 1 aliphatic heterocycles. The molecule has 1 saturated heterocycles.